The number of benzene rings is 1. The fourth-order valence-corrected chi connectivity index (χ4v) is 0.901. The summed E-state index contributed by atoms with van der Waals surface area (Å²) in [6.45, 7) is 0. The summed E-state index contributed by atoms with van der Waals surface area (Å²) in [4.78, 5) is 3.92. The van der Waals surface area contributed by atoms with E-state index in [2.05, 4.69) is 9.64 Å². The molecule has 0 saturated heterocycles. The fraction of sp³-hybridized carbons (Fsp3) is 0. The van der Waals surface area contributed by atoms with Crippen molar-refractivity contribution < 1.29 is 9.07 Å². The molecule has 2 rings (SSSR count). The monoisotopic (exact) mass is 145 g/mol. The molecular weight excluding hydrogens is 141 g/mol. The average Bonchev–Trinajstić information content (AvgIpc) is 2.46. The second kappa shape index (κ2) is 2.30. The molecular formula is C7H4BNO2. The van der Waals surface area contributed by atoms with Crippen LogP contribution in [-0.4, -0.2) is 13.0 Å². The molecule has 2 radical (unpaired) electrons. The summed E-state index contributed by atoms with van der Waals surface area (Å²) in [7, 11) is 4.86. The standard InChI is InChI=1S/C7H4BNO2/c8-11-7-9-5-3-1-2-4-6(5)10-7/h1-4H. The fourth-order valence-electron chi connectivity index (χ4n) is 0.901. The Kier molecular flexibility index (Phi) is 1.32. The Labute approximate surface area is 64.4 Å². The van der Waals surface area contributed by atoms with Gasteiger partial charge in [-0.3, -0.25) is 0 Å². The van der Waals surface area contributed by atoms with Gasteiger partial charge in [-0.15, -0.1) is 0 Å². The molecule has 1 aromatic heterocycles. The van der Waals surface area contributed by atoms with Crippen LogP contribution in [0.5, 0.6) is 6.08 Å². The SMILES string of the molecule is [B]Oc1nc2ccccc2o1. The van der Waals surface area contributed by atoms with E-state index < -0.39 is 0 Å². The molecule has 0 amide bonds. The predicted molar refractivity (Wildman–Crippen MR) is 40.4 cm³/mol. The first-order chi connectivity index (χ1) is 5.40. The molecule has 0 fully saturated rings. The van der Waals surface area contributed by atoms with E-state index in [4.69, 9.17) is 12.5 Å². The van der Waals surface area contributed by atoms with Crippen LogP contribution in [-0.2, 0) is 0 Å². The van der Waals surface area contributed by atoms with E-state index in [0.717, 1.165) is 5.52 Å². The van der Waals surface area contributed by atoms with Gasteiger partial charge in [0, 0.05) is 0 Å². The Hall–Kier alpha value is -1.45. The minimum absolute atomic E-state index is 0.0891. The van der Waals surface area contributed by atoms with E-state index in [1.807, 2.05) is 18.2 Å². The highest BCUT2D eigenvalue weighted by Crippen LogP contribution is 2.18. The maximum absolute atomic E-state index is 5.06. The van der Waals surface area contributed by atoms with Crippen molar-refractivity contribution >= 4 is 19.1 Å². The zero-order valence-electron chi connectivity index (χ0n) is 5.65. The molecule has 52 valence electrons. The number of hydrogen-bond donors (Lipinski definition) is 0. The molecule has 0 bridgehead atoms. The van der Waals surface area contributed by atoms with Crippen LogP contribution in [0.1, 0.15) is 0 Å². The summed E-state index contributed by atoms with van der Waals surface area (Å²) in [5.74, 6) is 0. The van der Waals surface area contributed by atoms with Crippen LogP contribution in [0.2, 0.25) is 0 Å². The van der Waals surface area contributed by atoms with Crippen molar-refractivity contribution in [1.29, 1.82) is 0 Å². The summed E-state index contributed by atoms with van der Waals surface area (Å²) in [5.41, 5.74) is 1.42. The first-order valence-electron chi connectivity index (χ1n) is 3.12. The summed E-state index contributed by atoms with van der Waals surface area (Å²) >= 11 is 0. The highest BCUT2D eigenvalue weighted by atomic mass is 16.6. The van der Waals surface area contributed by atoms with Crippen LogP contribution in [0.15, 0.2) is 28.7 Å². The maximum atomic E-state index is 5.06. The van der Waals surface area contributed by atoms with E-state index >= 15 is 0 Å². The number of nitrogens with zero attached hydrogens (tertiary/aromatic N) is 1. The van der Waals surface area contributed by atoms with Gasteiger partial charge in [0.25, 0.3) is 0 Å². The lowest BCUT2D eigenvalue weighted by atomic mass is 10.3. The van der Waals surface area contributed by atoms with Gasteiger partial charge in [-0.2, -0.15) is 4.98 Å². The molecule has 0 N–H and O–H groups in total. The molecule has 0 spiro atoms. The molecule has 2 aromatic rings. The van der Waals surface area contributed by atoms with Gasteiger partial charge in [-0.1, -0.05) is 12.1 Å². The Bertz CT molecular complexity index is 338. The van der Waals surface area contributed by atoms with Crippen LogP contribution in [0, 0.1) is 0 Å². The molecule has 0 aliphatic rings. The molecule has 1 aromatic carbocycles. The van der Waals surface area contributed by atoms with E-state index in [1.54, 1.807) is 6.07 Å². The number of rotatable bonds is 1. The topological polar surface area (TPSA) is 35.3 Å². The smallest absolute Gasteiger partial charge is 0.381 e. The first kappa shape index (κ1) is 6.28. The van der Waals surface area contributed by atoms with Gasteiger partial charge in [0.05, 0.1) is 0 Å². The zero-order valence-corrected chi connectivity index (χ0v) is 5.65. The molecule has 0 saturated carbocycles. The quantitative estimate of drug-likeness (QED) is 0.567. The second-order valence-corrected chi connectivity index (χ2v) is 2.07. The van der Waals surface area contributed by atoms with Gasteiger partial charge >= 0.3 is 14.1 Å². The summed E-state index contributed by atoms with van der Waals surface area (Å²) < 4.78 is 9.38. The highest BCUT2D eigenvalue weighted by Gasteiger charge is 2.01. The van der Waals surface area contributed by atoms with Gasteiger partial charge in [-0.25, -0.2) is 0 Å². The van der Waals surface area contributed by atoms with Crippen molar-refractivity contribution in [3.05, 3.63) is 24.3 Å². The summed E-state index contributed by atoms with van der Waals surface area (Å²) in [6.07, 6.45) is 0.0891. The van der Waals surface area contributed by atoms with Gasteiger partial charge in [0.1, 0.15) is 5.52 Å². The molecule has 11 heavy (non-hydrogen) atoms. The number of oxazole rings is 1. The van der Waals surface area contributed by atoms with Gasteiger partial charge in [0.15, 0.2) is 5.58 Å². The number of fused-ring (bicyclic) bond motifs is 1. The number of hydrogen-bond acceptors (Lipinski definition) is 3. The Morgan fingerprint density at radius 1 is 1.36 bits per heavy atom. The molecule has 0 aliphatic carbocycles. The van der Waals surface area contributed by atoms with E-state index in [1.165, 1.54) is 0 Å². The summed E-state index contributed by atoms with van der Waals surface area (Å²) in [5, 5.41) is 0. The van der Waals surface area contributed by atoms with Crippen molar-refractivity contribution in [2.75, 3.05) is 0 Å². The minimum Gasteiger partial charge on any atom is -0.528 e. The largest absolute Gasteiger partial charge is 0.528 e. The molecule has 0 aliphatic heterocycles. The Morgan fingerprint density at radius 2 is 2.18 bits per heavy atom. The number of para-hydroxylation sites is 2. The van der Waals surface area contributed by atoms with Gasteiger partial charge in [-0.05, 0) is 12.1 Å². The van der Waals surface area contributed by atoms with Crippen molar-refractivity contribution in [1.82, 2.24) is 4.98 Å². The van der Waals surface area contributed by atoms with Crippen LogP contribution in [0.25, 0.3) is 11.1 Å². The van der Waals surface area contributed by atoms with Crippen molar-refractivity contribution in [3.63, 3.8) is 0 Å². The van der Waals surface area contributed by atoms with Crippen LogP contribution < -0.4 is 4.65 Å². The predicted octanol–water partition coefficient (Wildman–Crippen LogP) is 1.29. The molecule has 4 heteroatoms. The van der Waals surface area contributed by atoms with Crippen LogP contribution >= 0.6 is 0 Å². The number of aromatic nitrogens is 1. The minimum atomic E-state index is 0.0891. The molecule has 0 unspecified atom stereocenters. The Balaban J connectivity index is 2.69. The Morgan fingerprint density at radius 3 is 2.91 bits per heavy atom. The highest BCUT2D eigenvalue weighted by molar-refractivity contribution is 5.99. The zero-order chi connectivity index (χ0) is 7.68. The lowest BCUT2D eigenvalue weighted by Crippen LogP contribution is -1.82. The van der Waals surface area contributed by atoms with E-state index in [9.17, 15) is 0 Å². The van der Waals surface area contributed by atoms with Crippen molar-refractivity contribution in [2.24, 2.45) is 0 Å². The van der Waals surface area contributed by atoms with E-state index in [-0.39, 0.29) is 6.08 Å². The third kappa shape index (κ3) is 0.961. The lowest BCUT2D eigenvalue weighted by molar-refractivity contribution is 0.411. The normalized spacial score (nSPS) is 10.2. The molecule has 1 heterocycles. The van der Waals surface area contributed by atoms with E-state index in [0.29, 0.717) is 5.58 Å². The maximum Gasteiger partial charge on any atom is 0.381 e. The van der Waals surface area contributed by atoms with Crippen molar-refractivity contribution in [2.45, 2.75) is 0 Å². The van der Waals surface area contributed by atoms with Crippen LogP contribution in [0.4, 0.5) is 0 Å². The molecule has 0 atom stereocenters. The van der Waals surface area contributed by atoms with Gasteiger partial charge in [0.2, 0.25) is 0 Å². The third-order valence-corrected chi connectivity index (χ3v) is 1.38. The van der Waals surface area contributed by atoms with Gasteiger partial charge < -0.3 is 9.07 Å². The third-order valence-electron chi connectivity index (χ3n) is 1.38. The van der Waals surface area contributed by atoms with Crippen LogP contribution in [0.3, 0.4) is 0 Å². The first-order valence-corrected chi connectivity index (χ1v) is 3.12. The van der Waals surface area contributed by atoms with Crippen molar-refractivity contribution in [3.8, 4) is 6.08 Å². The second-order valence-electron chi connectivity index (χ2n) is 2.07. The molecule has 3 nitrogen and oxygen atoms in total. The lowest BCUT2D eigenvalue weighted by Gasteiger charge is -1.85. The summed E-state index contributed by atoms with van der Waals surface area (Å²) in [6, 6.07) is 7.34. The average molecular weight is 145 g/mol.